The van der Waals surface area contributed by atoms with Gasteiger partial charge in [0.1, 0.15) is 0 Å². The van der Waals surface area contributed by atoms with Crippen molar-refractivity contribution in [2.24, 2.45) is 0 Å². The predicted molar refractivity (Wildman–Crippen MR) is 71.1 cm³/mol. The van der Waals surface area contributed by atoms with Gasteiger partial charge in [0.25, 0.3) is 0 Å². The maximum Gasteiger partial charge on any atom is 0.315 e. The van der Waals surface area contributed by atoms with Gasteiger partial charge >= 0.3 is 6.03 Å². The van der Waals surface area contributed by atoms with Crippen LogP contribution in [0.2, 0.25) is 0 Å². The van der Waals surface area contributed by atoms with Crippen LogP contribution in [0.5, 0.6) is 0 Å². The van der Waals surface area contributed by atoms with E-state index in [0.29, 0.717) is 6.54 Å². The number of carbonyl (C=O) groups is 1. The Bertz CT molecular complexity index is 354. The summed E-state index contributed by atoms with van der Waals surface area (Å²) in [6, 6.07) is 6.24. The molecule has 0 aliphatic carbocycles. The molecule has 0 spiro atoms. The molecule has 1 rings (SSSR count). The quantitative estimate of drug-likeness (QED) is 0.756. The van der Waals surface area contributed by atoms with E-state index >= 15 is 0 Å². The normalized spacial score (nSPS) is 10.1. The molecule has 0 saturated heterocycles. The molecular formula is C14H22N2O. The van der Waals surface area contributed by atoms with E-state index in [-0.39, 0.29) is 6.03 Å². The van der Waals surface area contributed by atoms with Gasteiger partial charge in [-0.1, -0.05) is 42.7 Å². The number of benzene rings is 1. The van der Waals surface area contributed by atoms with Crippen LogP contribution in [0.3, 0.4) is 0 Å². The summed E-state index contributed by atoms with van der Waals surface area (Å²) in [6.45, 7) is 7.57. The van der Waals surface area contributed by atoms with E-state index in [1.165, 1.54) is 11.1 Å². The van der Waals surface area contributed by atoms with E-state index in [9.17, 15) is 4.79 Å². The number of urea groups is 1. The molecule has 0 aliphatic heterocycles. The Morgan fingerprint density at radius 2 is 1.76 bits per heavy atom. The number of hydrogen-bond acceptors (Lipinski definition) is 1. The lowest BCUT2D eigenvalue weighted by atomic mass is 10.1. The summed E-state index contributed by atoms with van der Waals surface area (Å²) < 4.78 is 0. The number of hydrogen-bond donors (Lipinski definition) is 2. The number of nitrogens with one attached hydrogen (secondary N) is 2. The SMILES string of the molecule is CCCCNC(=O)NCc1cc(C)cc(C)c1. The van der Waals surface area contributed by atoms with E-state index < -0.39 is 0 Å². The molecule has 0 atom stereocenters. The van der Waals surface area contributed by atoms with E-state index in [0.717, 1.165) is 24.9 Å². The number of amides is 2. The first-order valence-electron chi connectivity index (χ1n) is 6.20. The second kappa shape index (κ2) is 6.94. The molecule has 0 radical (unpaired) electrons. The summed E-state index contributed by atoms with van der Waals surface area (Å²) in [5.41, 5.74) is 3.61. The lowest BCUT2D eigenvalue weighted by Crippen LogP contribution is -2.35. The van der Waals surface area contributed by atoms with Crippen molar-refractivity contribution >= 4 is 6.03 Å². The lowest BCUT2D eigenvalue weighted by molar-refractivity contribution is 0.240. The van der Waals surface area contributed by atoms with Crippen molar-refractivity contribution in [3.05, 3.63) is 34.9 Å². The highest BCUT2D eigenvalue weighted by molar-refractivity contribution is 5.73. The molecule has 0 bridgehead atoms. The van der Waals surface area contributed by atoms with E-state index in [4.69, 9.17) is 0 Å². The van der Waals surface area contributed by atoms with Gasteiger partial charge in [0.05, 0.1) is 0 Å². The molecule has 1 aromatic rings. The van der Waals surface area contributed by atoms with Gasteiger partial charge in [-0.15, -0.1) is 0 Å². The highest BCUT2D eigenvalue weighted by atomic mass is 16.2. The molecule has 0 aliphatic rings. The van der Waals surface area contributed by atoms with Crippen LogP contribution < -0.4 is 10.6 Å². The van der Waals surface area contributed by atoms with Gasteiger partial charge in [-0.3, -0.25) is 0 Å². The minimum absolute atomic E-state index is 0.0855. The van der Waals surface area contributed by atoms with Crippen molar-refractivity contribution < 1.29 is 4.79 Å². The van der Waals surface area contributed by atoms with Crippen LogP contribution in [0.1, 0.15) is 36.5 Å². The van der Waals surface area contributed by atoms with Crippen LogP contribution in [0, 0.1) is 13.8 Å². The van der Waals surface area contributed by atoms with Crippen LogP contribution in [0.25, 0.3) is 0 Å². The minimum Gasteiger partial charge on any atom is -0.338 e. The fraction of sp³-hybridized carbons (Fsp3) is 0.500. The first-order valence-corrected chi connectivity index (χ1v) is 6.20. The van der Waals surface area contributed by atoms with Crippen LogP contribution in [0.15, 0.2) is 18.2 Å². The van der Waals surface area contributed by atoms with Crippen LogP contribution in [-0.2, 0) is 6.54 Å². The molecule has 1 aromatic carbocycles. The van der Waals surface area contributed by atoms with Crippen LogP contribution in [0.4, 0.5) is 4.79 Å². The van der Waals surface area contributed by atoms with Gasteiger partial charge in [-0.05, 0) is 25.8 Å². The molecule has 3 heteroatoms. The second-order valence-corrected chi connectivity index (χ2v) is 4.46. The first kappa shape index (κ1) is 13.6. The second-order valence-electron chi connectivity index (χ2n) is 4.46. The zero-order valence-electron chi connectivity index (χ0n) is 11.0. The van der Waals surface area contributed by atoms with Crippen molar-refractivity contribution in [1.29, 1.82) is 0 Å². The van der Waals surface area contributed by atoms with Crippen molar-refractivity contribution in [1.82, 2.24) is 10.6 Å². The fourth-order valence-electron chi connectivity index (χ4n) is 1.79. The summed E-state index contributed by atoms with van der Waals surface area (Å²) in [7, 11) is 0. The summed E-state index contributed by atoms with van der Waals surface area (Å²) in [5.74, 6) is 0. The number of unbranched alkanes of at least 4 members (excludes halogenated alkanes) is 1. The largest absolute Gasteiger partial charge is 0.338 e. The summed E-state index contributed by atoms with van der Waals surface area (Å²) in [4.78, 5) is 11.4. The number of carbonyl (C=O) groups excluding carboxylic acids is 1. The van der Waals surface area contributed by atoms with E-state index in [2.05, 4.69) is 49.6 Å². The third kappa shape index (κ3) is 5.38. The van der Waals surface area contributed by atoms with Crippen LogP contribution in [-0.4, -0.2) is 12.6 Å². The Kier molecular flexibility index (Phi) is 5.53. The Morgan fingerprint density at radius 1 is 1.12 bits per heavy atom. The van der Waals surface area contributed by atoms with Gasteiger partial charge < -0.3 is 10.6 Å². The highest BCUT2D eigenvalue weighted by Gasteiger charge is 2.00. The van der Waals surface area contributed by atoms with E-state index in [1.54, 1.807) is 0 Å². The zero-order chi connectivity index (χ0) is 12.7. The summed E-state index contributed by atoms with van der Waals surface area (Å²) in [6.07, 6.45) is 2.12. The summed E-state index contributed by atoms with van der Waals surface area (Å²) in [5, 5.41) is 5.70. The van der Waals surface area contributed by atoms with Gasteiger partial charge in [-0.2, -0.15) is 0 Å². The molecule has 0 aromatic heterocycles. The van der Waals surface area contributed by atoms with Crippen molar-refractivity contribution in [2.45, 2.75) is 40.2 Å². The molecule has 94 valence electrons. The number of rotatable bonds is 5. The zero-order valence-corrected chi connectivity index (χ0v) is 11.0. The molecular weight excluding hydrogens is 212 g/mol. The van der Waals surface area contributed by atoms with Crippen molar-refractivity contribution in [3.8, 4) is 0 Å². The van der Waals surface area contributed by atoms with Gasteiger partial charge in [-0.25, -0.2) is 4.79 Å². The van der Waals surface area contributed by atoms with E-state index in [1.807, 2.05) is 0 Å². The van der Waals surface area contributed by atoms with Gasteiger partial charge in [0, 0.05) is 13.1 Å². The maximum atomic E-state index is 11.4. The molecule has 3 nitrogen and oxygen atoms in total. The third-order valence-corrected chi connectivity index (χ3v) is 2.55. The average molecular weight is 234 g/mol. The fourth-order valence-corrected chi connectivity index (χ4v) is 1.79. The van der Waals surface area contributed by atoms with Gasteiger partial charge in [0.15, 0.2) is 0 Å². The standard InChI is InChI=1S/C14H22N2O/c1-4-5-6-15-14(17)16-10-13-8-11(2)7-12(3)9-13/h7-9H,4-6,10H2,1-3H3,(H2,15,16,17). The highest BCUT2D eigenvalue weighted by Crippen LogP contribution is 2.08. The van der Waals surface area contributed by atoms with Crippen molar-refractivity contribution in [3.63, 3.8) is 0 Å². The molecule has 2 amide bonds. The van der Waals surface area contributed by atoms with Crippen molar-refractivity contribution in [2.75, 3.05) is 6.54 Å². The molecule has 0 saturated carbocycles. The molecule has 2 N–H and O–H groups in total. The smallest absolute Gasteiger partial charge is 0.315 e. The summed E-state index contributed by atoms with van der Waals surface area (Å²) >= 11 is 0. The lowest BCUT2D eigenvalue weighted by Gasteiger charge is -2.08. The third-order valence-electron chi connectivity index (χ3n) is 2.55. The molecule has 17 heavy (non-hydrogen) atoms. The predicted octanol–water partition coefficient (Wildman–Crippen LogP) is 2.90. The Hall–Kier alpha value is -1.51. The molecule has 0 fully saturated rings. The average Bonchev–Trinajstić information content (AvgIpc) is 2.25. The topological polar surface area (TPSA) is 41.1 Å². The van der Waals surface area contributed by atoms with Gasteiger partial charge in [0.2, 0.25) is 0 Å². The monoisotopic (exact) mass is 234 g/mol. The molecule has 0 heterocycles. The Labute approximate surface area is 104 Å². The molecule has 0 unspecified atom stereocenters. The first-order chi connectivity index (χ1) is 8.11. The van der Waals surface area contributed by atoms with Crippen LogP contribution >= 0.6 is 0 Å². The Morgan fingerprint density at radius 3 is 2.35 bits per heavy atom. The Balaban J connectivity index is 2.36. The maximum absolute atomic E-state index is 11.4. The number of aryl methyl sites for hydroxylation is 2. The minimum atomic E-state index is -0.0855.